The third-order valence-corrected chi connectivity index (χ3v) is 10.6. The number of aryl methyl sites for hydroxylation is 1. The van der Waals surface area contributed by atoms with Gasteiger partial charge in [-0.25, -0.2) is 28.5 Å². The van der Waals surface area contributed by atoms with Crippen LogP contribution in [0.5, 0.6) is 0 Å². The molecule has 16 heteroatoms. The van der Waals surface area contributed by atoms with Gasteiger partial charge in [-0.1, -0.05) is 44.1 Å². The zero-order valence-corrected chi connectivity index (χ0v) is 30.9. The summed E-state index contributed by atoms with van der Waals surface area (Å²) < 4.78 is 35.8. The minimum atomic E-state index is -0.605. The zero-order valence-electron chi connectivity index (χ0n) is 30.9. The van der Waals surface area contributed by atoms with E-state index in [-0.39, 0.29) is 70.9 Å². The van der Waals surface area contributed by atoms with Gasteiger partial charge >= 0.3 is 6.03 Å². The number of rotatable bonds is 9. The Bertz CT molecular complexity index is 2320. The van der Waals surface area contributed by atoms with Crippen molar-refractivity contribution in [1.29, 1.82) is 0 Å². The van der Waals surface area contributed by atoms with E-state index in [0.717, 1.165) is 37.1 Å². The van der Waals surface area contributed by atoms with Gasteiger partial charge in [-0.3, -0.25) is 29.8 Å². The normalized spacial score (nSPS) is 17.2. The number of aromatic nitrogens is 6. The highest BCUT2D eigenvalue weighted by atomic mass is 19.1. The van der Waals surface area contributed by atoms with Crippen molar-refractivity contribution >= 4 is 23.5 Å². The highest BCUT2D eigenvalue weighted by Gasteiger charge is 2.52. The Hall–Kier alpha value is -5.90. The molecule has 0 bridgehead atoms. The summed E-state index contributed by atoms with van der Waals surface area (Å²) in [4.78, 5) is 53.2. The number of carbonyl (C=O) groups excluding carboxylic acids is 3. The van der Waals surface area contributed by atoms with E-state index in [1.165, 1.54) is 17.0 Å². The fraction of sp³-hybridized carbons (Fsp3) is 0.385. The van der Waals surface area contributed by atoms with Gasteiger partial charge in [0.15, 0.2) is 17.3 Å². The summed E-state index contributed by atoms with van der Waals surface area (Å²) in [5, 5.41) is 15.9. The molecule has 3 aliphatic rings. The van der Waals surface area contributed by atoms with Crippen molar-refractivity contribution in [3.8, 4) is 22.6 Å². The maximum Gasteiger partial charge on any atom is 0.328 e. The highest BCUT2D eigenvalue weighted by Crippen LogP contribution is 2.56. The first-order valence-corrected chi connectivity index (χ1v) is 18.2. The van der Waals surface area contributed by atoms with E-state index in [1.54, 1.807) is 31.3 Å². The number of H-pyrrole nitrogens is 1. The van der Waals surface area contributed by atoms with Crippen LogP contribution in [0.2, 0.25) is 0 Å². The van der Waals surface area contributed by atoms with Crippen LogP contribution in [0, 0.1) is 24.0 Å². The van der Waals surface area contributed by atoms with Crippen molar-refractivity contribution in [1.82, 2.24) is 45.8 Å². The van der Waals surface area contributed by atoms with Crippen molar-refractivity contribution in [3.63, 3.8) is 0 Å². The number of imide groups is 1. The molecular formula is C39H40F2N10O4. The number of anilines is 1. The van der Waals surface area contributed by atoms with Crippen molar-refractivity contribution in [3.05, 3.63) is 94.5 Å². The molecule has 55 heavy (non-hydrogen) atoms. The largest absolute Gasteiger partial charge is 0.350 e. The molecule has 4 amide bonds. The van der Waals surface area contributed by atoms with Crippen molar-refractivity contribution in [2.24, 2.45) is 5.41 Å². The number of nitrogens with one attached hydrogen (secondary N) is 3. The zero-order chi connectivity index (χ0) is 38.6. The summed E-state index contributed by atoms with van der Waals surface area (Å²) in [5.41, 5.74) is 3.61. The van der Waals surface area contributed by atoms with E-state index in [4.69, 9.17) is 4.52 Å². The van der Waals surface area contributed by atoms with Crippen LogP contribution in [-0.4, -0.2) is 72.7 Å². The molecule has 284 valence electrons. The van der Waals surface area contributed by atoms with E-state index >= 15 is 8.78 Å². The second-order valence-electron chi connectivity index (χ2n) is 15.8. The predicted molar refractivity (Wildman–Crippen MR) is 195 cm³/mol. The maximum absolute atomic E-state index is 15.5. The second kappa shape index (κ2) is 13.7. The Morgan fingerprint density at radius 1 is 1.04 bits per heavy atom. The maximum atomic E-state index is 15.5. The standard InChI is InChI=1S/C39H40F2N10O4/c1-21-26(16-42-34(44-21)29-13-31(55-49-29)35(53)43-17-32-45-36(48-47-32)38(2,3)4)25-7-5-22(11-27(25)40)18-50-19-39(20-50)14-24(15-39)23-6-8-30(28(41)12-23)51-10-9-33(52)46-37(51)54/h5-8,11-13,16,24H,9-10,14-15,17-20H2,1-4H3,(H,43,53)(H,45,47,48)(H,46,52,54). The van der Waals surface area contributed by atoms with Crippen LogP contribution in [0.1, 0.15) is 85.0 Å². The van der Waals surface area contributed by atoms with Gasteiger partial charge in [0.25, 0.3) is 5.91 Å². The van der Waals surface area contributed by atoms with Gasteiger partial charge in [0.1, 0.15) is 17.5 Å². The minimum Gasteiger partial charge on any atom is -0.350 e. The molecule has 8 rings (SSSR count). The SMILES string of the molecule is Cc1nc(-c2cc(C(=O)NCc3nc(C(C)(C)C)n[nH]3)on2)ncc1-c1ccc(CN2CC3(CC(c4ccc(N5CCC(=O)NC5=O)c(F)c4)C3)C2)cc1F. The first kappa shape index (κ1) is 36.1. The van der Waals surface area contributed by atoms with E-state index in [2.05, 4.69) is 45.8 Å². The average molecular weight is 751 g/mol. The summed E-state index contributed by atoms with van der Waals surface area (Å²) in [6.45, 7) is 10.4. The van der Waals surface area contributed by atoms with Gasteiger partial charge in [-0.05, 0) is 60.4 Å². The monoisotopic (exact) mass is 750 g/mol. The Balaban J connectivity index is 0.836. The van der Waals surface area contributed by atoms with Gasteiger partial charge in [-0.15, -0.1) is 0 Å². The van der Waals surface area contributed by atoms with Crippen LogP contribution in [0.25, 0.3) is 22.6 Å². The van der Waals surface area contributed by atoms with Crippen LogP contribution in [0.4, 0.5) is 19.3 Å². The Morgan fingerprint density at radius 2 is 1.84 bits per heavy atom. The highest BCUT2D eigenvalue weighted by molar-refractivity contribution is 6.05. The lowest BCUT2D eigenvalue weighted by atomic mass is 9.56. The third kappa shape index (κ3) is 7.21. The number of urea groups is 1. The van der Waals surface area contributed by atoms with E-state index in [9.17, 15) is 14.4 Å². The molecule has 0 unspecified atom stereocenters. The molecule has 5 aromatic rings. The summed E-state index contributed by atoms with van der Waals surface area (Å²) in [5.74, 6) is -0.0809. The lowest BCUT2D eigenvalue weighted by molar-refractivity contribution is -0.120. The Labute approximate surface area is 315 Å². The fourth-order valence-corrected chi connectivity index (χ4v) is 7.72. The molecule has 0 atom stereocenters. The average Bonchev–Trinajstić information content (AvgIpc) is 3.80. The number of halogens is 2. The first-order chi connectivity index (χ1) is 26.2. The third-order valence-electron chi connectivity index (χ3n) is 10.6. The molecule has 2 saturated heterocycles. The molecule has 1 saturated carbocycles. The number of carbonyl (C=O) groups is 3. The summed E-state index contributed by atoms with van der Waals surface area (Å²) in [6, 6.07) is 11.0. The quantitative estimate of drug-likeness (QED) is 0.173. The van der Waals surface area contributed by atoms with Crippen molar-refractivity contribution in [2.45, 2.75) is 71.4 Å². The molecule has 1 aliphatic carbocycles. The van der Waals surface area contributed by atoms with Gasteiger partial charge in [0.05, 0.1) is 12.2 Å². The fourth-order valence-electron chi connectivity index (χ4n) is 7.72. The van der Waals surface area contributed by atoms with Crippen molar-refractivity contribution in [2.75, 3.05) is 24.5 Å². The lowest BCUT2D eigenvalue weighted by Crippen LogP contribution is -2.61. The van der Waals surface area contributed by atoms with E-state index in [0.29, 0.717) is 35.0 Å². The van der Waals surface area contributed by atoms with Gasteiger partial charge in [-0.2, -0.15) is 5.10 Å². The number of nitrogens with zero attached hydrogens (tertiary/aromatic N) is 7. The number of amides is 4. The topological polar surface area (TPSA) is 175 Å². The molecule has 2 aliphatic heterocycles. The van der Waals surface area contributed by atoms with E-state index < -0.39 is 17.8 Å². The number of aromatic amines is 1. The molecule has 0 radical (unpaired) electrons. The molecular weight excluding hydrogens is 710 g/mol. The minimum absolute atomic E-state index is 0.0185. The van der Waals surface area contributed by atoms with Crippen molar-refractivity contribution < 1.29 is 27.7 Å². The Kier molecular flexibility index (Phi) is 9.02. The van der Waals surface area contributed by atoms with Crippen LogP contribution < -0.4 is 15.5 Å². The first-order valence-electron chi connectivity index (χ1n) is 18.2. The van der Waals surface area contributed by atoms with Crippen LogP contribution in [0.3, 0.4) is 0 Å². The summed E-state index contributed by atoms with van der Waals surface area (Å²) in [7, 11) is 0. The molecule has 3 N–H and O–H groups in total. The molecule has 5 heterocycles. The molecule has 2 aromatic carbocycles. The number of benzene rings is 2. The second-order valence-corrected chi connectivity index (χ2v) is 15.8. The Morgan fingerprint density at radius 3 is 2.53 bits per heavy atom. The van der Waals surface area contributed by atoms with Crippen LogP contribution in [-0.2, 0) is 23.3 Å². The predicted octanol–water partition coefficient (Wildman–Crippen LogP) is 5.56. The smallest absolute Gasteiger partial charge is 0.328 e. The van der Waals surface area contributed by atoms with Gasteiger partial charge in [0, 0.05) is 67.1 Å². The molecule has 3 fully saturated rings. The number of likely N-dealkylation sites (tertiary alicyclic amines) is 1. The number of hydrogen-bond donors (Lipinski definition) is 3. The van der Waals surface area contributed by atoms with Gasteiger partial charge in [0.2, 0.25) is 11.7 Å². The molecule has 3 aromatic heterocycles. The lowest BCUT2D eigenvalue weighted by Gasteiger charge is -2.59. The van der Waals surface area contributed by atoms with Gasteiger partial charge < -0.3 is 9.84 Å². The van der Waals surface area contributed by atoms with E-state index in [1.807, 2.05) is 32.9 Å². The molecule has 14 nitrogen and oxygen atoms in total. The number of hydrogen-bond acceptors (Lipinski definition) is 10. The summed E-state index contributed by atoms with van der Waals surface area (Å²) in [6.07, 6.45) is 3.56. The molecule has 1 spiro atoms. The van der Waals surface area contributed by atoms with Crippen LogP contribution in [0.15, 0.2) is 53.2 Å². The van der Waals surface area contributed by atoms with Crippen LogP contribution >= 0.6 is 0 Å². The summed E-state index contributed by atoms with van der Waals surface area (Å²) >= 11 is 0.